The summed E-state index contributed by atoms with van der Waals surface area (Å²) in [6.45, 7) is 12.0. The molecule has 0 amide bonds. The summed E-state index contributed by atoms with van der Waals surface area (Å²) in [7, 11) is 0. The minimum atomic E-state index is 0.553. The normalized spacial score (nSPS) is 13.7. The molecule has 1 unspecified atom stereocenters. The maximum Gasteiger partial charge on any atom is -0.0329 e. The SMILES string of the molecule is CCCCCCCCCC(C)(C)C(C)CCCCC. The van der Waals surface area contributed by atoms with Crippen molar-refractivity contribution in [3.8, 4) is 0 Å². The first-order valence-electron chi connectivity index (χ1n) is 9.04. The highest BCUT2D eigenvalue weighted by molar-refractivity contribution is 4.75. The van der Waals surface area contributed by atoms with E-state index in [0.717, 1.165) is 5.92 Å². The van der Waals surface area contributed by atoms with E-state index >= 15 is 0 Å². The first kappa shape index (κ1) is 19.0. The van der Waals surface area contributed by atoms with Crippen LogP contribution in [0.4, 0.5) is 0 Å². The first-order valence-corrected chi connectivity index (χ1v) is 9.04. The van der Waals surface area contributed by atoms with Crippen molar-refractivity contribution < 1.29 is 0 Å². The molecule has 0 spiro atoms. The average Bonchev–Trinajstić information content (AvgIpc) is 2.37. The lowest BCUT2D eigenvalue weighted by Gasteiger charge is -2.32. The van der Waals surface area contributed by atoms with Crippen molar-refractivity contribution in [3.63, 3.8) is 0 Å². The maximum absolute atomic E-state index is 2.49. The van der Waals surface area contributed by atoms with Crippen molar-refractivity contribution >= 4 is 0 Å². The van der Waals surface area contributed by atoms with Crippen molar-refractivity contribution in [2.45, 2.75) is 112 Å². The van der Waals surface area contributed by atoms with Gasteiger partial charge in [0.2, 0.25) is 0 Å². The third-order valence-corrected chi connectivity index (χ3v) is 5.00. The zero-order chi connectivity index (χ0) is 14.6. The molecule has 0 heteroatoms. The summed E-state index contributed by atoms with van der Waals surface area (Å²) in [5.41, 5.74) is 0.553. The van der Waals surface area contributed by atoms with E-state index in [-0.39, 0.29) is 0 Å². The Morgan fingerprint density at radius 1 is 0.684 bits per heavy atom. The van der Waals surface area contributed by atoms with Gasteiger partial charge in [-0.3, -0.25) is 0 Å². The molecule has 0 rings (SSSR count). The van der Waals surface area contributed by atoms with E-state index in [1.165, 1.54) is 77.0 Å². The smallest absolute Gasteiger partial charge is 0.0329 e. The lowest BCUT2D eigenvalue weighted by atomic mass is 9.74. The van der Waals surface area contributed by atoms with Crippen LogP contribution in [0.15, 0.2) is 0 Å². The molecular weight excluding hydrogens is 228 g/mol. The van der Waals surface area contributed by atoms with Gasteiger partial charge < -0.3 is 0 Å². The molecule has 0 radical (unpaired) electrons. The minimum Gasteiger partial charge on any atom is -0.0654 e. The second-order valence-electron chi connectivity index (χ2n) is 7.26. The molecule has 0 saturated heterocycles. The van der Waals surface area contributed by atoms with Gasteiger partial charge in [0.1, 0.15) is 0 Å². The molecule has 0 nitrogen and oxygen atoms in total. The number of hydrogen-bond acceptors (Lipinski definition) is 0. The fraction of sp³-hybridized carbons (Fsp3) is 1.00. The second kappa shape index (κ2) is 11.8. The van der Waals surface area contributed by atoms with Gasteiger partial charge in [-0.25, -0.2) is 0 Å². The van der Waals surface area contributed by atoms with Gasteiger partial charge in [-0.05, 0) is 17.8 Å². The Balaban J connectivity index is 3.59. The number of unbranched alkanes of at least 4 members (excludes halogenated alkanes) is 8. The fourth-order valence-electron chi connectivity index (χ4n) is 2.88. The Hall–Kier alpha value is 0. The highest BCUT2D eigenvalue weighted by Gasteiger charge is 2.24. The van der Waals surface area contributed by atoms with Crippen LogP contribution in [-0.4, -0.2) is 0 Å². The van der Waals surface area contributed by atoms with E-state index in [1.807, 2.05) is 0 Å². The molecule has 0 aromatic rings. The Kier molecular flexibility index (Phi) is 11.8. The summed E-state index contributed by atoms with van der Waals surface area (Å²) in [5, 5.41) is 0. The standard InChI is InChI=1S/C19H40/c1-6-8-10-11-12-13-15-17-19(4,5)18(3)16-14-9-7-2/h18H,6-17H2,1-5H3. The molecule has 0 saturated carbocycles. The van der Waals surface area contributed by atoms with Crippen molar-refractivity contribution in [1.29, 1.82) is 0 Å². The second-order valence-corrected chi connectivity index (χ2v) is 7.26. The maximum atomic E-state index is 2.49. The van der Waals surface area contributed by atoms with Crippen LogP contribution in [0.1, 0.15) is 112 Å². The monoisotopic (exact) mass is 268 g/mol. The lowest BCUT2D eigenvalue weighted by Crippen LogP contribution is -2.21. The summed E-state index contributed by atoms with van der Waals surface area (Å²) in [5.74, 6) is 0.888. The van der Waals surface area contributed by atoms with E-state index < -0.39 is 0 Å². The third kappa shape index (κ3) is 10.4. The molecule has 19 heavy (non-hydrogen) atoms. The van der Waals surface area contributed by atoms with Crippen LogP contribution < -0.4 is 0 Å². The molecule has 0 N–H and O–H groups in total. The van der Waals surface area contributed by atoms with Crippen LogP contribution >= 0.6 is 0 Å². The van der Waals surface area contributed by atoms with Crippen LogP contribution in [0.3, 0.4) is 0 Å². The van der Waals surface area contributed by atoms with E-state index in [0.29, 0.717) is 5.41 Å². The summed E-state index contributed by atoms with van der Waals surface area (Å²) >= 11 is 0. The van der Waals surface area contributed by atoms with Crippen LogP contribution in [0.2, 0.25) is 0 Å². The molecule has 1 atom stereocenters. The van der Waals surface area contributed by atoms with Crippen molar-refractivity contribution in [2.24, 2.45) is 11.3 Å². The fourth-order valence-corrected chi connectivity index (χ4v) is 2.88. The zero-order valence-corrected chi connectivity index (χ0v) is 14.6. The quantitative estimate of drug-likeness (QED) is 0.306. The number of hydrogen-bond donors (Lipinski definition) is 0. The summed E-state index contributed by atoms with van der Waals surface area (Å²) in [6, 6.07) is 0. The predicted molar refractivity (Wildman–Crippen MR) is 89.7 cm³/mol. The van der Waals surface area contributed by atoms with Gasteiger partial charge >= 0.3 is 0 Å². The molecule has 0 aliphatic heterocycles. The number of rotatable bonds is 13. The van der Waals surface area contributed by atoms with Gasteiger partial charge in [0.25, 0.3) is 0 Å². The molecule has 116 valence electrons. The lowest BCUT2D eigenvalue weighted by molar-refractivity contribution is 0.189. The van der Waals surface area contributed by atoms with Gasteiger partial charge in [0.05, 0.1) is 0 Å². The average molecular weight is 269 g/mol. The Morgan fingerprint density at radius 3 is 1.74 bits per heavy atom. The topological polar surface area (TPSA) is 0 Å². The van der Waals surface area contributed by atoms with Crippen LogP contribution in [0.25, 0.3) is 0 Å². The van der Waals surface area contributed by atoms with Crippen molar-refractivity contribution in [2.75, 3.05) is 0 Å². The Morgan fingerprint density at radius 2 is 1.16 bits per heavy atom. The molecule has 0 aromatic heterocycles. The molecule has 0 heterocycles. The van der Waals surface area contributed by atoms with Gasteiger partial charge in [-0.1, -0.05) is 105 Å². The Bertz CT molecular complexity index is 180. The van der Waals surface area contributed by atoms with E-state index in [2.05, 4.69) is 34.6 Å². The minimum absolute atomic E-state index is 0.553. The molecule has 0 fully saturated rings. The summed E-state index contributed by atoms with van der Waals surface area (Å²) < 4.78 is 0. The molecule has 0 aliphatic rings. The van der Waals surface area contributed by atoms with Gasteiger partial charge in [0.15, 0.2) is 0 Å². The van der Waals surface area contributed by atoms with Crippen molar-refractivity contribution in [3.05, 3.63) is 0 Å². The molecule has 0 aromatic carbocycles. The van der Waals surface area contributed by atoms with E-state index in [4.69, 9.17) is 0 Å². The highest BCUT2D eigenvalue weighted by Crippen LogP contribution is 2.35. The van der Waals surface area contributed by atoms with E-state index in [9.17, 15) is 0 Å². The van der Waals surface area contributed by atoms with Crippen LogP contribution in [-0.2, 0) is 0 Å². The third-order valence-electron chi connectivity index (χ3n) is 5.00. The van der Waals surface area contributed by atoms with Crippen molar-refractivity contribution in [1.82, 2.24) is 0 Å². The predicted octanol–water partition coefficient (Wildman–Crippen LogP) is 7.37. The first-order chi connectivity index (χ1) is 9.04. The Labute approximate surface area is 123 Å². The highest BCUT2D eigenvalue weighted by atomic mass is 14.3. The van der Waals surface area contributed by atoms with E-state index in [1.54, 1.807) is 0 Å². The largest absolute Gasteiger partial charge is 0.0654 e. The zero-order valence-electron chi connectivity index (χ0n) is 14.6. The van der Waals surface area contributed by atoms with Gasteiger partial charge in [-0.2, -0.15) is 0 Å². The summed E-state index contributed by atoms with van der Waals surface area (Å²) in [6.07, 6.45) is 17.1. The summed E-state index contributed by atoms with van der Waals surface area (Å²) in [4.78, 5) is 0. The van der Waals surface area contributed by atoms with Gasteiger partial charge in [0, 0.05) is 0 Å². The van der Waals surface area contributed by atoms with Crippen LogP contribution in [0, 0.1) is 11.3 Å². The van der Waals surface area contributed by atoms with Gasteiger partial charge in [-0.15, -0.1) is 0 Å². The molecule has 0 bridgehead atoms. The van der Waals surface area contributed by atoms with Crippen LogP contribution in [0.5, 0.6) is 0 Å². The molecule has 0 aliphatic carbocycles. The molecular formula is C19H40.